The van der Waals surface area contributed by atoms with Gasteiger partial charge in [0.2, 0.25) is 0 Å². The lowest BCUT2D eigenvalue weighted by Crippen LogP contribution is -2.37. The molecule has 0 fully saturated rings. The molecule has 5 rings (SSSR count). The number of aromatic nitrogens is 1. The summed E-state index contributed by atoms with van der Waals surface area (Å²) < 4.78 is 18.6. The van der Waals surface area contributed by atoms with Crippen molar-refractivity contribution in [2.75, 3.05) is 26.1 Å². The number of nitrogens with zero attached hydrogens (tertiary/aromatic N) is 2. The Hall–Kier alpha value is -4.39. The van der Waals surface area contributed by atoms with Crippen molar-refractivity contribution in [1.29, 1.82) is 0 Å². The van der Waals surface area contributed by atoms with Gasteiger partial charge in [0.05, 0.1) is 39.1 Å². The molecule has 1 N–H and O–H groups in total. The van der Waals surface area contributed by atoms with Crippen LogP contribution in [-0.2, 0) is 6.54 Å². The first-order valence-corrected chi connectivity index (χ1v) is 11.9. The number of fused-ring (bicyclic) bond motifs is 3. The Kier molecular flexibility index (Phi) is 6.54. The summed E-state index contributed by atoms with van der Waals surface area (Å²) in [5.41, 5.74) is 4.75. The van der Waals surface area contributed by atoms with E-state index < -0.39 is 0 Å². The summed E-state index contributed by atoms with van der Waals surface area (Å²) in [6, 6.07) is 25.0. The second kappa shape index (κ2) is 10.1. The summed E-state index contributed by atoms with van der Waals surface area (Å²) >= 11 is 0. The van der Waals surface area contributed by atoms with E-state index in [2.05, 4.69) is 28.1 Å². The van der Waals surface area contributed by atoms with Gasteiger partial charge >= 0.3 is 6.03 Å². The van der Waals surface area contributed by atoms with Crippen molar-refractivity contribution < 1.29 is 19.0 Å². The van der Waals surface area contributed by atoms with Crippen molar-refractivity contribution >= 4 is 11.7 Å². The predicted octanol–water partition coefficient (Wildman–Crippen LogP) is 6.03. The van der Waals surface area contributed by atoms with Crippen molar-refractivity contribution in [3.8, 4) is 22.9 Å². The monoisotopic (exact) mass is 483 g/mol. The second-order valence-electron chi connectivity index (χ2n) is 8.46. The molecule has 0 radical (unpaired) electrons. The zero-order chi connectivity index (χ0) is 25.1. The molecule has 0 bridgehead atoms. The molecule has 1 aromatic heterocycles. The maximum absolute atomic E-state index is 13.9. The molecule has 1 atom stereocenters. The fraction of sp³-hybridized carbons (Fsp3) is 0.207. The first-order chi connectivity index (χ1) is 17.6. The largest absolute Gasteiger partial charge is 0.494 e. The molecule has 2 amide bonds. The van der Waals surface area contributed by atoms with Crippen molar-refractivity contribution in [2.24, 2.45) is 0 Å². The zero-order valence-electron chi connectivity index (χ0n) is 20.6. The van der Waals surface area contributed by atoms with E-state index in [1.807, 2.05) is 60.5 Å². The van der Waals surface area contributed by atoms with Gasteiger partial charge in [-0.25, -0.2) is 4.79 Å². The standard InChI is InChI=1S/C29H29N3O4/c1-4-36-23-14-11-20(12-15-23)28-25-10-7-17-31(25)24-9-6-5-8-21(24)19-32(28)29(33)30-22-13-16-26(34-2)27(18-22)35-3/h5-18,28H,4,19H2,1-3H3,(H,30,33)/t28-/m1/s1. The lowest BCUT2D eigenvalue weighted by molar-refractivity contribution is 0.194. The number of nitrogens with one attached hydrogen (secondary N) is 1. The van der Waals surface area contributed by atoms with E-state index >= 15 is 0 Å². The second-order valence-corrected chi connectivity index (χ2v) is 8.46. The van der Waals surface area contributed by atoms with E-state index in [1.54, 1.807) is 32.4 Å². The molecule has 7 nitrogen and oxygen atoms in total. The highest BCUT2D eigenvalue weighted by atomic mass is 16.5. The van der Waals surface area contributed by atoms with Crippen LogP contribution in [-0.4, -0.2) is 36.3 Å². The average Bonchev–Trinajstić information content (AvgIpc) is 3.33. The predicted molar refractivity (Wildman–Crippen MR) is 139 cm³/mol. The summed E-state index contributed by atoms with van der Waals surface area (Å²) in [6.07, 6.45) is 2.05. The molecule has 0 aliphatic carbocycles. The number of methoxy groups -OCH3 is 2. The van der Waals surface area contributed by atoms with Crippen LogP contribution in [0.5, 0.6) is 17.2 Å². The van der Waals surface area contributed by atoms with Gasteiger partial charge in [-0.2, -0.15) is 0 Å². The molecule has 0 spiro atoms. The third-order valence-electron chi connectivity index (χ3n) is 6.37. The van der Waals surface area contributed by atoms with Gasteiger partial charge in [0.1, 0.15) is 5.75 Å². The summed E-state index contributed by atoms with van der Waals surface area (Å²) in [5.74, 6) is 1.95. The Morgan fingerprint density at radius 3 is 2.47 bits per heavy atom. The fourth-order valence-corrected chi connectivity index (χ4v) is 4.71. The molecule has 1 aliphatic rings. The summed E-state index contributed by atoms with van der Waals surface area (Å²) in [7, 11) is 3.16. The van der Waals surface area contributed by atoms with Gasteiger partial charge in [0.25, 0.3) is 0 Å². The lowest BCUT2D eigenvalue weighted by Gasteiger charge is -2.31. The number of anilines is 1. The minimum Gasteiger partial charge on any atom is -0.494 e. The number of benzene rings is 3. The third-order valence-corrected chi connectivity index (χ3v) is 6.37. The third kappa shape index (κ3) is 4.35. The number of para-hydroxylation sites is 1. The Bertz CT molecular complexity index is 1360. The number of hydrogen-bond donors (Lipinski definition) is 1. The number of hydrogen-bond acceptors (Lipinski definition) is 4. The van der Waals surface area contributed by atoms with E-state index in [-0.39, 0.29) is 12.1 Å². The van der Waals surface area contributed by atoms with Crippen LogP contribution in [0.1, 0.15) is 29.8 Å². The maximum atomic E-state index is 13.9. The first kappa shape index (κ1) is 23.4. The Morgan fingerprint density at radius 2 is 1.72 bits per heavy atom. The van der Waals surface area contributed by atoms with Crippen LogP contribution in [0, 0.1) is 0 Å². The highest BCUT2D eigenvalue weighted by Gasteiger charge is 2.33. The van der Waals surface area contributed by atoms with Crippen molar-refractivity contribution in [3.63, 3.8) is 0 Å². The Labute approximate surface area is 210 Å². The van der Waals surface area contributed by atoms with Gasteiger partial charge in [-0.1, -0.05) is 30.3 Å². The highest BCUT2D eigenvalue weighted by Crippen LogP contribution is 2.38. The minimum atomic E-state index is -0.316. The van der Waals surface area contributed by atoms with Gasteiger partial charge in [0, 0.05) is 23.6 Å². The molecular formula is C29H29N3O4. The van der Waals surface area contributed by atoms with E-state index in [0.717, 1.165) is 28.3 Å². The number of amides is 2. The quantitative estimate of drug-likeness (QED) is 0.364. The van der Waals surface area contributed by atoms with Crippen LogP contribution in [0.4, 0.5) is 10.5 Å². The Morgan fingerprint density at radius 1 is 0.944 bits per heavy atom. The molecule has 0 unspecified atom stereocenters. The van der Waals surface area contributed by atoms with Crippen LogP contribution in [0.3, 0.4) is 0 Å². The van der Waals surface area contributed by atoms with Crippen LogP contribution >= 0.6 is 0 Å². The van der Waals surface area contributed by atoms with Crippen LogP contribution in [0.15, 0.2) is 85.1 Å². The lowest BCUT2D eigenvalue weighted by atomic mass is 10.0. The molecule has 36 heavy (non-hydrogen) atoms. The number of ether oxygens (including phenoxy) is 3. The topological polar surface area (TPSA) is 65.0 Å². The number of rotatable bonds is 6. The van der Waals surface area contributed by atoms with E-state index in [0.29, 0.717) is 30.3 Å². The van der Waals surface area contributed by atoms with Crippen LogP contribution < -0.4 is 19.5 Å². The fourth-order valence-electron chi connectivity index (χ4n) is 4.71. The van der Waals surface area contributed by atoms with Gasteiger partial charge in [0.15, 0.2) is 11.5 Å². The van der Waals surface area contributed by atoms with E-state index in [1.165, 1.54) is 0 Å². The summed E-state index contributed by atoms with van der Waals surface area (Å²) in [6.45, 7) is 3.00. The minimum absolute atomic E-state index is 0.217. The molecule has 2 heterocycles. The number of carbonyl (C=O) groups is 1. The molecule has 4 aromatic rings. The highest BCUT2D eigenvalue weighted by molar-refractivity contribution is 5.90. The molecular weight excluding hydrogens is 454 g/mol. The normalized spacial score (nSPS) is 14.3. The SMILES string of the molecule is CCOc1ccc([C@@H]2c3cccn3-c3ccccc3CN2C(=O)Nc2ccc(OC)c(OC)c2)cc1. The maximum Gasteiger partial charge on any atom is 0.322 e. The molecule has 7 heteroatoms. The summed E-state index contributed by atoms with van der Waals surface area (Å²) in [5, 5.41) is 3.07. The van der Waals surface area contributed by atoms with Gasteiger partial charge in [-0.05, 0) is 60.5 Å². The van der Waals surface area contributed by atoms with Crippen LogP contribution in [0.2, 0.25) is 0 Å². The van der Waals surface area contributed by atoms with Crippen molar-refractivity contribution in [1.82, 2.24) is 9.47 Å². The van der Waals surface area contributed by atoms with E-state index in [4.69, 9.17) is 14.2 Å². The zero-order valence-corrected chi connectivity index (χ0v) is 20.6. The molecule has 0 saturated carbocycles. The number of urea groups is 1. The Balaban J connectivity index is 1.57. The molecule has 1 aliphatic heterocycles. The van der Waals surface area contributed by atoms with Crippen molar-refractivity contribution in [3.05, 3.63) is 102 Å². The van der Waals surface area contributed by atoms with Gasteiger partial charge < -0.3 is 29.0 Å². The summed E-state index contributed by atoms with van der Waals surface area (Å²) in [4.78, 5) is 15.7. The van der Waals surface area contributed by atoms with Crippen LogP contribution in [0.25, 0.3) is 5.69 Å². The van der Waals surface area contributed by atoms with Crippen molar-refractivity contribution in [2.45, 2.75) is 19.5 Å². The number of carbonyl (C=O) groups excluding carboxylic acids is 1. The smallest absolute Gasteiger partial charge is 0.322 e. The molecule has 3 aromatic carbocycles. The van der Waals surface area contributed by atoms with Gasteiger partial charge in [-0.15, -0.1) is 0 Å². The molecule has 0 saturated heterocycles. The van der Waals surface area contributed by atoms with Gasteiger partial charge in [-0.3, -0.25) is 0 Å². The molecule has 184 valence electrons. The van der Waals surface area contributed by atoms with E-state index in [9.17, 15) is 4.79 Å². The average molecular weight is 484 g/mol. The first-order valence-electron chi connectivity index (χ1n) is 11.9.